The van der Waals surface area contributed by atoms with Crippen LogP contribution in [0.25, 0.3) is 15.7 Å². The number of piperidine rings is 1. The average Bonchev–Trinajstić information content (AvgIpc) is 2.96. The van der Waals surface area contributed by atoms with Crippen LogP contribution in [0.1, 0.15) is 24.5 Å². The average molecular weight is 369 g/mol. The molecule has 1 aliphatic heterocycles. The zero-order valence-electron chi connectivity index (χ0n) is 14.8. The second-order valence-corrected chi connectivity index (χ2v) is 6.21. The molecule has 1 fully saturated rings. The number of imide groups is 1. The van der Waals surface area contributed by atoms with Gasteiger partial charge in [-0.05, 0) is 18.6 Å². The molecule has 1 aromatic carbocycles. The van der Waals surface area contributed by atoms with Crippen molar-refractivity contribution < 1.29 is 19.1 Å². The molecule has 2 aromatic rings. The molecule has 1 atom stereocenters. The molecule has 140 valence electrons. The largest absolute Gasteiger partial charge is 0.484 e. The molecule has 0 spiro atoms. The highest BCUT2D eigenvalue weighted by atomic mass is 16.5. The lowest BCUT2D eigenvalue weighted by Gasteiger charge is -2.19. The van der Waals surface area contributed by atoms with E-state index in [0.717, 1.165) is 10.9 Å². The molecule has 1 unspecified atom stereocenters. The van der Waals surface area contributed by atoms with Gasteiger partial charge < -0.3 is 14.9 Å². The summed E-state index contributed by atoms with van der Waals surface area (Å²) in [6.45, 7) is 7.05. The molecule has 1 saturated heterocycles. The van der Waals surface area contributed by atoms with E-state index in [1.54, 1.807) is 29.9 Å². The molecule has 1 aromatic heterocycles. The van der Waals surface area contributed by atoms with E-state index in [1.165, 1.54) is 0 Å². The zero-order valence-corrected chi connectivity index (χ0v) is 14.8. The SMILES string of the molecule is [C-]#[N+]CCNC(=O)COc1ccc2c(C3CCC(=O)NC3=O)nn(C)c2c1. The van der Waals surface area contributed by atoms with Gasteiger partial charge in [0.05, 0.1) is 23.7 Å². The maximum Gasteiger partial charge on any atom is 0.258 e. The van der Waals surface area contributed by atoms with Crippen LogP contribution in [0.3, 0.4) is 0 Å². The Labute approximate surface area is 155 Å². The number of hydrogen-bond acceptors (Lipinski definition) is 5. The third-order valence-corrected chi connectivity index (χ3v) is 4.34. The van der Waals surface area contributed by atoms with E-state index < -0.39 is 5.92 Å². The van der Waals surface area contributed by atoms with E-state index in [0.29, 0.717) is 24.4 Å². The number of carbonyl (C=O) groups is 3. The lowest BCUT2D eigenvalue weighted by atomic mass is 9.93. The number of carbonyl (C=O) groups excluding carboxylic acids is 3. The van der Waals surface area contributed by atoms with Crippen LogP contribution >= 0.6 is 0 Å². The number of aryl methyl sites for hydroxylation is 1. The van der Waals surface area contributed by atoms with Crippen molar-refractivity contribution in [1.29, 1.82) is 0 Å². The third-order valence-electron chi connectivity index (χ3n) is 4.34. The minimum atomic E-state index is -0.466. The van der Waals surface area contributed by atoms with Crippen LogP contribution < -0.4 is 15.4 Å². The van der Waals surface area contributed by atoms with Crippen LogP contribution in [-0.4, -0.2) is 47.2 Å². The molecule has 0 bridgehead atoms. The molecule has 2 N–H and O–H groups in total. The van der Waals surface area contributed by atoms with Crippen molar-refractivity contribution in [3.8, 4) is 5.75 Å². The lowest BCUT2D eigenvalue weighted by molar-refractivity contribution is -0.134. The Morgan fingerprint density at radius 2 is 2.30 bits per heavy atom. The van der Waals surface area contributed by atoms with Crippen molar-refractivity contribution in [3.63, 3.8) is 0 Å². The van der Waals surface area contributed by atoms with E-state index in [-0.39, 0.29) is 37.3 Å². The summed E-state index contributed by atoms with van der Waals surface area (Å²) in [7, 11) is 1.76. The predicted molar refractivity (Wildman–Crippen MR) is 95.8 cm³/mol. The quantitative estimate of drug-likeness (QED) is 0.438. The fourth-order valence-corrected chi connectivity index (χ4v) is 3.02. The van der Waals surface area contributed by atoms with Crippen LogP contribution in [0.15, 0.2) is 18.2 Å². The first-order valence-corrected chi connectivity index (χ1v) is 8.52. The summed E-state index contributed by atoms with van der Waals surface area (Å²) in [6.07, 6.45) is 0.720. The van der Waals surface area contributed by atoms with Crippen molar-refractivity contribution in [2.45, 2.75) is 18.8 Å². The first kappa shape index (κ1) is 18.4. The topological polar surface area (TPSA) is 107 Å². The van der Waals surface area contributed by atoms with Gasteiger partial charge in [0.15, 0.2) is 6.61 Å². The minimum Gasteiger partial charge on any atom is -0.484 e. The molecule has 3 amide bonds. The third kappa shape index (κ3) is 4.06. The molecule has 0 radical (unpaired) electrons. The Bertz CT molecular complexity index is 943. The first-order valence-electron chi connectivity index (χ1n) is 8.52. The monoisotopic (exact) mass is 369 g/mol. The van der Waals surface area contributed by atoms with E-state index in [4.69, 9.17) is 11.3 Å². The highest BCUT2D eigenvalue weighted by Crippen LogP contribution is 2.31. The smallest absolute Gasteiger partial charge is 0.258 e. The summed E-state index contributed by atoms with van der Waals surface area (Å²) >= 11 is 0. The van der Waals surface area contributed by atoms with Gasteiger partial charge in [-0.3, -0.25) is 24.4 Å². The maximum atomic E-state index is 12.1. The van der Waals surface area contributed by atoms with Gasteiger partial charge in [0.1, 0.15) is 5.75 Å². The van der Waals surface area contributed by atoms with Crippen molar-refractivity contribution in [1.82, 2.24) is 20.4 Å². The van der Waals surface area contributed by atoms with Gasteiger partial charge >= 0.3 is 0 Å². The first-order chi connectivity index (χ1) is 13.0. The molecule has 9 nitrogen and oxygen atoms in total. The van der Waals surface area contributed by atoms with Crippen molar-refractivity contribution in [2.75, 3.05) is 19.7 Å². The van der Waals surface area contributed by atoms with Gasteiger partial charge in [0.2, 0.25) is 18.4 Å². The fraction of sp³-hybridized carbons (Fsp3) is 0.389. The van der Waals surface area contributed by atoms with Crippen molar-refractivity contribution >= 4 is 28.6 Å². The molecule has 0 aliphatic carbocycles. The Morgan fingerprint density at radius 3 is 3.04 bits per heavy atom. The van der Waals surface area contributed by atoms with E-state index >= 15 is 0 Å². The van der Waals surface area contributed by atoms with Crippen molar-refractivity contribution in [2.24, 2.45) is 7.05 Å². The summed E-state index contributed by atoms with van der Waals surface area (Å²) in [5, 5.41) is 10.2. The van der Waals surface area contributed by atoms with E-state index in [1.807, 2.05) is 0 Å². The molecule has 3 rings (SSSR count). The summed E-state index contributed by atoms with van der Waals surface area (Å²) in [5.41, 5.74) is 1.39. The van der Waals surface area contributed by atoms with Crippen molar-refractivity contribution in [3.05, 3.63) is 35.3 Å². The number of nitrogens with one attached hydrogen (secondary N) is 2. The number of rotatable bonds is 6. The number of amides is 3. The van der Waals surface area contributed by atoms with E-state index in [2.05, 4.69) is 20.6 Å². The van der Waals surface area contributed by atoms with Crippen LogP contribution in [0.4, 0.5) is 0 Å². The minimum absolute atomic E-state index is 0.151. The second kappa shape index (κ2) is 7.86. The van der Waals surface area contributed by atoms with Crippen LogP contribution in [-0.2, 0) is 21.4 Å². The number of hydrogen-bond donors (Lipinski definition) is 2. The zero-order chi connectivity index (χ0) is 19.4. The number of nitrogens with zero attached hydrogens (tertiary/aromatic N) is 3. The Hall–Kier alpha value is -3.41. The predicted octanol–water partition coefficient (Wildman–Crippen LogP) is 0.508. The van der Waals surface area contributed by atoms with Gasteiger partial charge in [-0.15, -0.1) is 0 Å². The van der Waals surface area contributed by atoms with Gasteiger partial charge in [0.25, 0.3) is 5.91 Å². The summed E-state index contributed by atoms with van der Waals surface area (Å²) in [5.74, 6) is -0.857. The number of aromatic nitrogens is 2. The summed E-state index contributed by atoms with van der Waals surface area (Å²) in [4.78, 5) is 38.3. The standard InChI is InChI=1S/C18H19N5O4/c1-19-7-8-20-16(25)10-27-11-3-4-12-14(9-11)23(2)22-17(12)13-5-6-15(24)21-18(13)26/h3-4,9,13H,5-8,10H2,2H3,(H,20,25)(H,21,24,26). The molecule has 1 aliphatic rings. The normalized spacial score (nSPS) is 16.7. The van der Waals surface area contributed by atoms with Crippen LogP contribution in [0.2, 0.25) is 0 Å². The Kier molecular flexibility index (Phi) is 5.35. The number of benzene rings is 1. The van der Waals surface area contributed by atoms with Gasteiger partial charge in [0, 0.05) is 24.9 Å². The van der Waals surface area contributed by atoms with Gasteiger partial charge in [-0.1, -0.05) is 0 Å². The highest BCUT2D eigenvalue weighted by Gasteiger charge is 2.31. The fourth-order valence-electron chi connectivity index (χ4n) is 3.02. The second-order valence-electron chi connectivity index (χ2n) is 6.21. The number of fused-ring (bicyclic) bond motifs is 1. The maximum absolute atomic E-state index is 12.1. The number of ether oxygens (including phenoxy) is 1. The highest BCUT2D eigenvalue weighted by molar-refractivity contribution is 6.02. The van der Waals surface area contributed by atoms with Crippen LogP contribution in [0, 0.1) is 6.57 Å². The molecule has 27 heavy (non-hydrogen) atoms. The molecular formula is C18H19N5O4. The Morgan fingerprint density at radius 1 is 1.48 bits per heavy atom. The van der Waals surface area contributed by atoms with E-state index in [9.17, 15) is 14.4 Å². The lowest BCUT2D eigenvalue weighted by Crippen LogP contribution is -2.39. The Balaban J connectivity index is 1.74. The molecule has 2 heterocycles. The van der Waals surface area contributed by atoms with Crippen LogP contribution in [0.5, 0.6) is 5.75 Å². The van der Waals surface area contributed by atoms with Gasteiger partial charge in [-0.25, -0.2) is 6.57 Å². The summed E-state index contributed by atoms with van der Waals surface area (Å²) in [6, 6.07) is 5.27. The summed E-state index contributed by atoms with van der Waals surface area (Å²) < 4.78 is 7.15. The molecule has 9 heteroatoms. The van der Waals surface area contributed by atoms with Gasteiger partial charge in [-0.2, -0.15) is 5.10 Å². The molecule has 0 saturated carbocycles. The molecular weight excluding hydrogens is 350 g/mol.